The zero-order valence-corrected chi connectivity index (χ0v) is 20.2. The first kappa shape index (κ1) is 22.2. The normalized spacial score (nSPS) is 17.2. The van der Waals surface area contributed by atoms with Gasteiger partial charge in [0.2, 0.25) is 0 Å². The van der Waals surface area contributed by atoms with Crippen LogP contribution in [-0.2, 0) is 11.3 Å². The van der Waals surface area contributed by atoms with Gasteiger partial charge in [-0.05, 0) is 63.4 Å². The Balaban J connectivity index is 1.49. The van der Waals surface area contributed by atoms with Crippen LogP contribution in [0.4, 0.5) is 4.39 Å². The number of aromatic amines is 1. The number of aromatic nitrogens is 5. The van der Waals surface area contributed by atoms with Gasteiger partial charge in [-0.1, -0.05) is 11.8 Å². The van der Waals surface area contributed by atoms with E-state index >= 15 is 0 Å². The van der Waals surface area contributed by atoms with Gasteiger partial charge in [-0.15, -0.1) is 21.5 Å². The van der Waals surface area contributed by atoms with Crippen molar-refractivity contribution in [2.45, 2.75) is 56.7 Å². The van der Waals surface area contributed by atoms with Crippen molar-refractivity contribution in [3.8, 4) is 11.4 Å². The Labute approximate surface area is 198 Å². The third-order valence-electron chi connectivity index (χ3n) is 5.95. The second-order valence-electron chi connectivity index (χ2n) is 8.23. The van der Waals surface area contributed by atoms with Crippen molar-refractivity contribution in [2.24, 2.45) is 0 Å². The van der Waals surface area contributed by atoms with Gasteiger partial charge in [-0.2, -0.15) is 0 Å². The van der Waals surface area contributed by atoms with Crippen LogP contribution in [0.15, 0.2) is 34.2 Å². The number of thioether (sulfide) groups is 1. The molecule has 0 bridgehead atoms. The third-order valence-corrected chi connectivity index (χ3v) is 8.14. The Hall–Kier alpha value is -2.56. The first-order chi connectivity index (χ1) is 15.9. The summed E-state index contributed by atoms with van der Waals surface area (Å²) in [6, 6.07) is 6.25. The molecule has 1 N–H and O–H groups in total. The van der Waals surface area contributed by atoms with Gasteiger partial charge in [0.05, 0.1) is 23.3 Å². The molecule has 0 amide bonds. The molecule has 10 heteroatoms. The molecule has 7 nitrogen and oxygen atoms in total. The maximum Gasteiger partial charge on any atom is 0.259 e. The van der Waals surface area contributed by atoms with E-state index in [0.717, 1.165) is 40.3 Å². The van der Waals surface area contributed by atoms with Gasteiger partial charge in [0.15, 0.2) is 11.0 Å². The van der Waals surface area contributed by atoms with Gasteiger partial charge in [0.25, 0.3) is 5.56 Å². The molecule has 0 spiro atoms. The van der Waals surface area contributed by atoms with Crippen LogP contribution in [-0.4, -0.2) is 37.4 Å². The predicted molar refractivity (Wildman–Crippen MR) is 128 cm³/mol. The summed E-state index contributed by atoms with van der Waals surface area (Å²) in [7, 11) is 0. The zero-order chi connectivity index (χ0) is 23.1. The molecule has 3 aromatic heterocycles. The molecule has 1 aliphatic heterocycles. The van der Waals surface area contributed by atoms with E-state index in [2.05, 4.69) is 15.2 Å². The van der Waals surface area contributed by atoms with Crippen LogP contribution in [0.25, 0.3) is 21.6 Å². The second kappa shape index (κ2) is 9.00. The average molecular weight is 486 g/mol. The molecule has 0 saturated carbocycles. The molecule has 0 aliphatic carbocycles. The van der Waals surface area contributed by atoms with Crippen molar-refractivity contribution >= 4 is 33.3 Å². The van der Waals surface area contributed by atoms with Crippen LogP contribution in [0, 0.1) is 19.7 Å². The fraction of sp³-hybridized carbons (Fsp3) is 0.391. The first-order valence-electron chi connectivity index (χ1n) is 10.9. The van der Waals surface area contributed by atoms with Crippen molar-refractivity contribution in [1.29, 1.82) is 0 Å². The fourth-order valence-electron chi connectivity index (χ4n) is 4.02. The van der Waals surface area contributed by atoms with Crippen LogP contribution in [0.1, 0.15) is 41.3 Å². The van der Waals surface area contributed by atoms with Crippen molar-refractivity contribution in [3.05, 3.63) is 56.7 Å². The second-order valence-corrected chi connectivity index (χ2v) is 10.7. The summed E-state index contributed by atoms with van der Waals surface area (Å²) in [4.78, 5) is 22.3. The van der Waals surface area contributed by atoms with E-state index in [1.165, 1.54) is 35.2 Å². The molecule has 4 aromatic rings. The highest BCUT2D eigenvalue weighted by atomic mass is 32.2. The highest BCUT2D eigenvalue weighted by Crippen LogP contribution is 2.36. The molecular weight excluding hydrogens is 461 g/mol. The number of H-pyrrole nitrogens is 1. The van der Waals surface area contributed by atoms with Crippen molar-refractivity contribution in [2.75, 3.05) is 6.61 Å². The van der Waals surface area contributed by atoms with E-state index in [1.807, 2.05) is 25.3 Å². The minimum Gasteiger partial charge on any atom is -0.376 e. The van der Waals surface area contributed by atoms with Gasteiger partial charge in [-0.3, -0.25) is 9.36 Å². The first-order valence-corrected chi connectivity index (χ1v) is 12.6. The van der Waals surface area contributed by atoms with Gasteiger partial charge < -0.3 is 9.72 Å². The van der Waals surface area contributed by atoms with E-state index in [9.17, 15) is 9.18 Å². The lowest BCUT2D eigenvalue weighted by Crippen LogP contribution is -2.17. The highest BCUT2D eigenvalue weighted by Gasteiger charge is 2.24. The number of hydrogen-bond donors (Lipinski definition) is 1. The van der Waals surface area contributed by atoms with Crippen LogP contribution < -0.4 is 5.56 Å². The topological polar surface area (TPSA) is 85.7 Å². The molecule has 5 rings (SSSR count). The van der Waals surface area contributed by atoms with Gasteiger partial charge in [0, 0.05) is 17.0 Å². The quantitative estimate of drug-likeness (QED) is 0.386. The molecule has 0 radical (unpaired) electrons. The average Bonchev–Trinajstić information content (AvgIpc) is 3.50. The summed E-state index contributed by atoms with van der Waals surface area (Å²) in [6.07, 6.45) is 2.09. The lowest BCUT2D eigenvalue weighted by Gasteiger charge is -2.16. The number of nitrogens with zero attached hydrogens (tertiary/aromatic N) is 4. The molecule has 1 saturated heterocycles. The summed E-state index contributed by atoms with van der Waals surface area (Å²) in [5.74, 6) is 0.979. The predicted octanol–water partition coefficient (Wildman–Crippen LogP) is 5.03. The Morgan fingerprint density at radius 3 is 2.82 bits per heavy atom. The lowest BCUT2D eigenvalue weighted by molar-refractivity contribution is 0.0953. The Kier molecular flexibility index (Phi) is 6.07. The molecule has 4 heterocycles. The van der Waals surface area contributed by atoms with E-state index in [1.54, 1.807) is 12.1 Å². The number of thiophene rings is 1. The van der Waals surface area contributed by atoms with Crippen molar-refractivity contribution in [3.63, 3.8) is 0 Å². The number of hydrogen-bond acceptors (Lipinski definition) is 7. The molecule has 0 unspecified atom stereocenters. The van der Waals surface area contributed by atoms with Gasteiger partial charge >= 0.3 is 0 Å². The SMILES string of the molecule is Cc1sc2nc([C@@H](C)Sc3nnc(-c4ccc(F)cc4)n3C[C@H]3CCCO3)[nH]c(=O)c2c1C. The van der Waals surface area contributed by atoms with Crippen LogP contribution >= 0.6 is 23.1 Å². The highest BCUT2D eigenvalue weighted by molar-refractivity contribution is 7.99. The molecule has 33 heavy (non-hydrogen) atoms. The summed E-state index contributed by atoms with van der Waals surface area (Å²) >= 11 is 3.02. The van der Waals surface area contributed by atoms with Crippen molar-refractivity contribution in [1.82, 2.24) is 24.7 Å². The monoisotopic (exact) mass is 485 g/mol. The third kappa shape index (κ3) is 4.34. The Morgan fingerprint density at radius 1 is 1.30 bits per heavy atom. The van der Waals surface area contributed by atoms with E-state index in [-0.39, 0.29) is 22.7 Å². The minimum absolute atomic E-state index is 0.0844. The molecule has 1 aromatic carbocycles. The molecular formula is C23H24FN5O2S2. The lowest BCUT2D eigenvalue weighted by atomic mass is 10.2. The molecule has 1 fully saturated rings. The smallest absolute Gasteiger partial charge is 0.259 e. The zero-order valence-electron chi connectivity index (χ0n) is 18.6. The number of fused-ring (bicyclic) bond motifs is 1. The Bertz CT molecular complexity index is 1360. The number of aryl methyl sites for hydroxylation is 2. The van der Waals surface area contributed by atoms with Gasteiger partial charge in [-0.25, -0.2) is 9.37 Å². The fourth-order valence-corrected chi connectivity index (χ4v) is 5.98. The molecule has 172 valence electrons. The maximum atomic E-state index is 13.5. The minimum atomic E-state index is -0.295. The summed E-state index contributed by atoms with van der Waals surface area (Å²) in [6.45, 7) is 7.31. The molecule has 1 aliphatic rings. The number of nitrogens with one attached hydrogen (secondary N) is 1. The number of halogens is 1. The van der Waals surface area contributed by atoms with E-state index in [0.29, 0.717) is 28.7 Å². The maximum absolute atomic E-state index is 13.5. The Morgan fingerprint density at radius 2 is 2.09 bits per heavy atom. The van der Waals surface area contributed by atoms with E-state index < -0.39 is 0 Å². The number of ether oxygens (including phenoxy) is 1. The van der Waals surface area contributed by atoms with Crippen LogP contribution in [0.3, 0.4) is 0 Å². The van der Waals surface area contributed by atoms with Gasteiger partial charge in [0.1, 0.15) is 16.5 Å². The number of rotatable bonds is 6. The summed E-state index contributed by atoms with van der Waals surface area (Å²) in [5, 5.41) is 10.1. The van der Waals surface area contributed by atoms with E-state index in [4.69, 9.17) is 9.72 Å². The van der Waals surface area contributed by atoms with Crippen LogP contribution in [0.2, 0.25) is 0 Å². The largest absolute Gasteiger partial charge is 0.376 e. The molecule has 2 atom stereocenters. The summed E-state index contributed by atoms with van der Waals surface area (Å²) < 4.78 is 21.3. The summed E-state index contributed by atoms with van der Waals surface area (Å²) in [5.41, 5.74) is 1.66. The van der Waals surface area contributed by atoms with Crippen molar-refractivity contribution < 1.29 is 9.13 Å². The number of benzene rings is 1. The standard InChI is InChI=1S/C23H24FN5O2S2/c1-12-13(2)32-22-18(12)21(30)25-19(26-22)14(3)33-23-28-27-20(15-6-8-16(24)9-7-15)29(23)11-17-5-4-10-31-17/h6-9,14,17H,4-5,10-11H2,1-3H3,(H,25,26,30)/t14-,17-/m1/s1. The van der Waals surface area contributed by atoms with Crippen LogP contribution in [0.5, 0.6) is 0 Å².